The molecule has 0 fully saturated rings. The van der Waals surface area contributed by atoms with E-state index in [4.69, 9.17) is 0 Å². The van der Waals surface area contributed by atoms with Crippen molar-refractivity contribution in [2.45, 2.75) is 32.9 Å². The van der Waals surface area contributed by atoms with Crippen LogP contribution in [0.3, 0.4) is 0 Å². The fourth-order valence-corrected chi connectivity index (χ4v) is 0.968. The van der Waals surface area contributed by atoms with E-state index < -0.39 is 25.0 Å². The molecular formula is C9H14F3NO2. The van der Waals surface area contributed by atoms with E-state index >= 15 is 0 Å². The molecule has 0 atom stereocenters. The second kappa shape index (κ2) is 5.72. The van der Waals surface area contributed by atoms with Crippen molar-refractivity contribution in [3.05, 3.63) is 0 Å². The van der Waals surface area contributed by atoms with Crippen LogP contribution in [0.1, 0.15) is 26.7 Å². The average Bonchev–Trinajstić information content (AvgIpc) is 1.97. The highest BCUT2D eigenvalue weighted by molar-refractivity contribution is 5.98. The fourth-order valence-electron chi connectivity index (χ4n) is 0.968. The van der Waals surface area contributed by atoms with E-state index in [-0.39, 0.29) is 18.1 Å². The SMILES string of the molecule is CC(C)CC(=O)CC(=O)NCC(F)(F)F. The van der Waals surface area contributed by atoms with Crippen molar-refractivity contribution in [2.24, 2.45) is 5.92 Å². The Morgan fingerprint density at radius 1 is 1.27 bits per heavy atom. The Balaban J connectivity index is 3.80. The molecule has 0 saturated heterocycles. The largest absolute Gasteiger partial charge is 0.405 e. The number of hydrogen-bond donors (Lipinski definition) is 1. The molecule has 0 aromatic heterocycles. The molecule has 88 valence electrons. The Morgan fingerprint density at radius 2 is 1.80 bits per heavy atom. The molecule has 0 saturated carbocycles. The molecule has 0 bridgehead atoms. The zero-order chi connectivity index (χ0) is 12.1. The van der Waals surface area contributed by atoms with Crippen LogP contribution in [-0.2, 0) is 9.59 Å². The third-order valence-electron chi connectivity index (χ3n) is 1.48. The Labute approximate surface area is 86.0 Å². The summed E-state index contributed by atoms with van der Waals surface area (Å²) in [5.74, 6) is -1.12. The van der Waals surface area contributed by atoms with Gasteiger partial charge in [0.05, 0.1) is 6.42 Å². The molecule has 0 radical (unpaired) electrons. The second-order valence-electron chi connectivity index (χ2n) is 3.71. The maximum atomic E-state index is 11.7. The number of alkyl halides is 3. The number of carbonyl (C=O) groups is 2. The third kappa shape index (κ3) is 9.24. The molecule has 0 aliphatic heterocycles. The van der Waals surface area contributed by atoms with Gasteiger partial charge in [-0.15, -0.1) is 0 Å². The maximum Gasteiger partial charge on any atom is 0.405 e. The van der Waals surface area contributed by atoms with Crippen LogP contribution in [0.4, 0.5) is 13.2 Å². The van der Waals surface area contributed by atoms with Gasteiger partial charge >= 0.3 is 6.18 Å². The summed E-state index contributed by atoms with van der Waals surface area (Å²) in [6.45, 7) is 2.21. The first-order chi connectivity index (χ1) is 6.70. The first kappa shape index (κ1) is 13.9. The Morgan fingerprint density at radius 3 is 2.20 bits per heavy atom. The molecule has 0 spiro atoms. The van der Waals surface area contributed by atoms with E-state index in [2.05, 4.69) is 0 Å². The summed E-state index contributed by atoms with van der Waals surface area (Å²) in [6, 6.07) is 0. The summed E-state index contributed by atoms with van der Waals surface area (Å²) in [4.78, 5) is 21.9. The van der Waals surface area contributed by atoms with Crippen molar-refractivity contribution >= 4 is 11.7 Å². The highest BCUT2D eigenvalue weighted by Gasteiger charge is 2.27. The summed E-state index contributed by atoms with van der Waals surface area (Å²) in [7, 11) is 0. The van der Waals surface area contributed by atoms with Gasteiger partial charge in [-0.25, -0.2) is 0 Å². The Hall–Kier alpha value is -1.07. The summed E-state index contributed by atoms with van der Waals surface area (Å²) in [5.41, 5.74) is 0. The molecule has 0 unspecified atom stereocenters. The minimum absolute atomic E-state index is 0.105. The maximum absolute atomic E-state index is 11.7. The van der Waals surface area contributed by atoms with Crippen molar-refractivity contribution in [3.63, 3.8) is 0 Å². The highest BCUT2D eigenvalue weighted by Crippen LogP contribution is 2.12. The predicted molar refractivity (Wildman–Crippen MR) is 48.1 cm³/mol. The van der Waals surface area contributed by atoms with Crippen LogP contribution in [0, 0.1) is 5.92 Å². The number of halogens is 3. The van der Waals surface area contributed by atoms with Crippen molar-refractivity contribution in [1.82, 2.24) is 5.32 Å². The molecule has 0 aliphatic rings. The molecule has 1 amide bonds. The van der Waals surface area contributed by atoms with Crippen LogP contribution in [0.2, 0.25) is 0 Å². The molecular weight excluding hydrogens is 211 g/mol. The van der Waals surface area contributed by atoms with Gasteiger partial charge in [-0.05, 0) is 5.92 Å². The van der Waals surface area contributed by atoms with E-state index in [1.54, 1.807) is 19.2 Å². The van der Waals surface area contributed by atoms with Crippen LogP contribution in [0.5, 0.6) is 0 Å². The lowest BCUT2D eigenvalue weighted by atomic mass is 10.1. The molecule has 6 heteroatoms. The third-order valence-corrected chi connectivity index (χ3v) is 1.48. The normalized spacial score (nSPS) is 11.6. The van der Waals surface area contributed by atoms with E-state index in [1.807, 2.05) is 0 Å². The van der Waals surface area contributed by atoms with E-state index in [1.165, 1.54) is 0 Å². The quantitative estimate of drug-likeness (QED) is 0.723. The van der Waals surface area contributed by atoms with Crippen molar-refractivity contribution in [3.8, 4) is 0 Å². The van der Waals surface area contributed by atoms with Gasteiger partial charge in [-0.3, -0.25) is 9.59 Å². The van der Waals surface area contributed by atoms with Crippen LogP contribution >= 0.6 is 0 Å². The molecule has 0 aromatic carbocycles. The standard InChI is InChI=1S/C9H14F3NO2/c1-6(2)3-7(14)4-8(15)13-5-9(10,11)12/h6H,3-5H2,1-2H3,(H,13,15). The van der Waals surface area contributed by atoms with Gasteiger partial charge in [-0.1, -0.05) is 13.8 Å². The molecule has 0 heterocycles. The van der Waals surface area contributed by atoms with Gasteiger partial charge in [0.2, 0.25) is 5.91 Å². The summed E-state index contributed by atoms with van der Waals surface area (Å²) in [6.07, 6.45) is -4.70. The average molecular weight is 225 g/mol. The van der Waals surface area contributed by atoms with Crippen LogP contribution < -0.4 is 5.32 Å². The number of nitrogens with one attached hydrogen (secondary N) is 1. The minimum atomic E-state index is -4.43. The second-order valence-corrected chi connectivity index (χ2v) is 3.71. The van der Waals surface area contributed by atoms with Gasteiger partial charge in [-0.2, -0.15) is 13.2 Å². The first-order valence-electron chi connectivity index (χ1n) is 4.56. The zero-order valence-corrected chi connectivity index (χ0v) is 8.65. The van der Waals surface area contributed by atoms with E-state index in [0.717, 1.165) is 0 Å². The predicted octanol–water partition coefficient (Wildman–Crippen LogP) is 1.67. The number of rotatable bonds is 5. The molecule has 3 nitrogen and oxygen atoms in total. The van der Waals surface area contributed by atoms with Crippen molar-refractivity contribution in [1.29, 1.82) is 0 Å². The lowest BCUT2D eigenvalue weighted by molar-refractivity contribution is -0.140. The summed E-state index contributed by atoms with van der Waals surface area (Å²) < 4.78 is 35.0. The highest BCUT2D eigenvalue weighted by atomic mass is 19.4. The monoisotopic (exact) mass is 225 g/mol. The van der Waals surface area contributed by atoms with Crippen LogP contribution in [0.25, 0.3) is 0 Å². The topological polar surface area (TPSA) is 46.2 Å². The molecule has 0 aliphatic carbocycles. The van der Waals surface area contributed by atoms with Crippen molar-refractivity contribution < 1.29 is 22.8 Å². The zero-order valence-electron chi connectivity index (χ0n) is 8.65. The van der Waals surface area contributed by atoms with E-state index in [0.29, 0.717) is 0 Å². The van der Waals surface area contributed by atoms with Crippen molar-refractivity contribution in [2.75, 3.05) is 6.54 Å². The van der Waals surface area contributed by atoms with E-state index in [9.17, 15) is 22.8 Å². The molecule has 1 N–H and O–H groups in total. The number of amides is 1. The van der Waals surface area contributed by atoms with Gasteiger partial charge in [0.1, 0.15) is 12.3 Å². The Bertz CT molecular complexity index is 236. The lowest BCUT2D eigenvalue weighted by Gasteiger charge is -2.08. The number of Topliss-reactive ketones (excluding diaryl/α,β-unsaturated/α-hetero) is 1. The summed E-state index contributed by atoms with van der Waals surface area (Å²) >= 11 is 0. The van der Waals surface area contributed by atoms with Crippen LogP contribution in [-0.4, -0.2) is 24.4 Å². The first-order valence-corrected chi connectivity index (χ1v) is 4.56. The molecule has 15 heavy (non-hydrogen) atoms. The smallest absolute Gasteiger partial charge is 0.347 e. The number of hydrogen-bond acceptors (Lipinski definition) is 2. The minimum Gasteiger partial charge on any atom is -0.347 e. The van der Waals surface area contributed by atoms with Gasteiger partial charge in [0.25, 0.3) is 0 Å². The fraction of sp³-hybridized carbons (Fsp3) is 0.778. The molecule has 0 aromatic rings. The number of ketones is 1. The van der Waals surface area contributed by atoms with Crippen LogP contribution in [0.15, 0.2) is 0 Å². The molecule has 0 rings (SSSR count). The van der Waals surface area contributed by atoms with Gasteiger partial charge < -0.3 is 5.32 Å². The summed E-state index contributed by atoms with van der Waals surface area (Å²) in [5, 5.41) is 1.64. The Kier molecular flexibility index (Phi) is 5.32. The number of carbonyl (C=O) groups excluding carboxylic acids is 2. The van der Waals surface area contributed by atoms with Gasteiger partial charge in [0, 0.05) is 6.42 Å². The lowest BCUT2D eigenvalue weighted by Crippen LogP contribution is -2.34. The van der Waals surface area contributed by atoms with Gasteiger partial charge in [0.15, 0.2) is 0 Å².